The molecule has 4 nitrogen and oxygen atoms in total. The van der Waals surface area contributed by atoms with Crippen LogP contribution in [0.2, 0.25) is 0 Å². The van der Waals surface area contributed by atoms with Gasteiger partial charge in [0, 0.05) is 6.54 Å². The molecule has 2 N–H and O–H groups in total. The molecule has 4 heteroatoms. The Kier molecular flexibility index (Phi) is 4.55. The van der Waals surface area contributed by atoms with Crippen LogP contribution < -0.4 is 5.73 Å². The van der Waals surface area contributed by atoms with Crippen molar-refractivity contribution in [2.45, 2.75) is 25.8 Å². The van der Waals surface area contributed by atoms with E-state index in [4.69, 9.17) is 5.73 Å². The van der Waals surface area contributed by atoms with Gasteiger partial charge in [0.25, 0.3) is 0 Å². The van der Waals surface area contributed by atoms with E-state index in [1.165, 1.54) is 0 Å². The van der Waals surface area contributed by atoms with E-state index in [9.17, 15) is 0 Å². The molecule has 1 atom stereocenters. The first-order chi connectivity index (χ1) is 7.56. The highest BCUT2D eigenvalue weighted by Gasteiger charge is 2.15. The van der Waals surface area contributed by atoms with Crippen LogP contribution in [-0.4, -0.2) is 35.3 Å². The first-order valence-corrected chi connectivity index (χ1v) is 5.61. The lowest BCUT2D eigenvalue weighted by Crippen LogP contribution is -2.26. The molecule has 0 aliphatic heterocycles. The molecule has 0 aliphatic carbocycles. The second-order valence-electron chi connectivity index (χ2n) is 4.41. The third-order valence-corrected chi connectivity index (χ3v) is 2.71. The first kappa shape index (κ1) is 12.8. The van der Waals surface area contributed by atoms with E-state index in [1.54, 1.807) is 6.20 Å². The van der Waals surface area contributed by atoms with Crippen LogP contribution in [0.5, 0.6) is 0 Å². The van der Waals surface area contributed by atoms with Gasteiger partial charge in [-0.05, 0) is 33.9 Å². The van der Waals surface area contributed by atoms with Crippen molar-refractivity contribution in [1.29, 1.82) is 0 Å². The van der Waals surface area contributed by atoms with Gasteiger partial charge in [0.15, 0.2) is 0 Å². The molecule has 16 heavy (non-hydrogen) atoms. The number of nitrogen functional groups attached to an aromatic ring is 1. The van der Waals surface area contributed by atoms with Crippen molar-refractivity contribution in [2.24, 2.45) is 0 Å². The molecule has 0 amide bonds. The molecule has 1 aromatic heterocycles. The fourth-order valence-corrected chi connectivity index (χ4v) is 1.83. The summed E-state index contributed by atoms with van der Waals surface area (Å²) in [5, 5.41) is 4.35. The van der Waals surface area contributed by atoms with Gasteiger partial charge in [-0.15, -0.1) is 6.58 Å². The number of nitrogens with two attached hydrogens (primary N) is 1. The van der Waals surface area contributed by atoms with E-state index in [2.05, 4.69) is 30.7 Å². The molecule has 90 valence electrons. The smallest absolute Gasteiger partial charge is 0.0730 e. The normalized spacial score (nSPS) is 13.0. The molecule has 1 aromatic rings. The number of hydrogen-bond donors (Lipinski definition) is 1. The number of rotatable bonds is 6. The molecule has 1 rings (SSSR count). The minimum Gasteiger partial charge on any atom is -0.396 e. The van der Waals surface area contributed by atoms with Gasteiger partial charge >= 0.3 is 0 Å². The van der Waals surface area contributed by atoms with Gasteiger partial charge in [0.1, 0.15) is 0 Å². The molecule has 1 heterocycles. The van der Waals surface area contributed by atoms with Gasteiger partial charge < -0.3 is 10.6 Å². The van der Waals surface area contributed by atoms with Crippen molar-refractivity contribution in [3.63, 3.8) is 0 Å². The molecule has 0 saturated carbocycles. The largest absolute Gasteiger partial charge is 0.396 e. The summed E-state index contributed by atoms with van der Waals surface area (Å²) in [7, 11) is 4.15. The summed E-state index contributed by atoms with van der Waals surface area (Å²) >= 11 is 0. The minimum atomic E-state index is 0.366. The maximum absolute atomic E-state index is 5.82. The minimum absolute atomic E-state index is 0.366. The van der Waals surface area contributed by atoms with E-state index in [1.807, 2.05) is 17.7 Å². The lowest BCUT2D eigenvalue weighted by Gasteiger charge is -2.22. The average molecular weight is 222 g/mol. The molecule has 0 bridgehead atoms. The Morgan fingerprint density at radius 2 is 2.31 bits per heavy atom. The van der Waals surface area contributed by atoms with Crippen molar-refractivity contribution in [3.8, 4) is 0 Å². The van der Waals surface area contributed by atoms with Gasteiger partial charge in [-0.1, -0.05) is 6.08 Å². The van der Waals surface area contributed by atoms with Gasteiger partial charge in [-0.2, -0.15) is 5.10 Å². The van der Waals surface area contributed by atoms with Crippen LogP contribution in [0.4, 0.5) is 5.69 Å². The molecule has 0 spiro atoms. The Hall–Kier alpha value is -1.29. The van der Waals surface area contributed by atoms with Crippen LogP contribution in [0.1, 0.15) is 24.6 Å². The SMILES string of the molecule is C=CCCC(CN(C)C)n1ncc(N)c1C. The summed E-state index contributed by atoms with van der Waals surface area (Å²) in [5.74, 6) is 0. The second kappa shape index (κ2) is 5.70. The molecule has 1 unspecified atom stereocenters. The summed E-state index contributed by atoms with van der Waals surface area (Å²) in [4.78, 5) is 2.17. The van der Waals surface area contributed by atoms with Crippen molar-refractivity contribution >= 4 is 5.69 Å². The lowest BCUT2D eigenvalue weighted by molar-refractivity contribution is 0.292. The average Bonchev–Trinajstić information content (AvgIpc) is 2.54. The molecule has 0 aliphatic rings. The Morgan fingerprint density at radius 1 is 1.62 bits per heavy atom. The van der Waals surface area contributed by atoms with Crippen LogP contribution in [0.3, 0.4) is 0 Å². The van der Waals surface area contributed by atoms with Crippen molar-refractivity contribution < 1.29 is 0 Å². The van der Waals surface area contributed by atoms with Crippen molar-refractivity contribution in [2.75, 3.05) is 26.4 Å². The quantitative estimate of drug-likeness (QED) is 0.747. The fraction of sp³-hybridized carbons (Fsp3) is 0.583. The van der Waals surface area contributed by atoms with E-state index in [0.717, 1.165) is 30.8 Å². The summed E-state index contributed by atoms with van der Waals surface area (Å²) in [6.45, 7) is 6.75. The van der Waals surface area contributed by atoms with Crippen LogP contribution >= 0.6 is 0 Å². The number of nitrogens with zero attached hydrogens (tertiary/aromatic N) is 3. The zero-order valence-corrected chi connectivity index (χ0v) is 10.5. The fourth-order valence-electron chi connectivity index (χ4n) is 1.83. The Balaban J connectivity index is 2.82. The highest BCUT2D eigenvalue weighted by atomic mass is 15.3. The van der Waals surface area contributed by atoms with Crippen LogP contribution in [0.15, 0.2) is 18.9 Å². The van der Waals surface area contributed by atoms with Gasteiger partial charge in [-0.25, -0.2) is 0 Å². The van der Waals surface area contributed by atoms with E-state index >= 15 is 0 Å². The maximum atomic E-state index is 5.82. The van der Waals surface area contributed by atoms with Crippen LogP contribution in [0.25, 0.3) is 0 Å². The number of hydrogen-bond acceptors (Lipinski definition) is 3. The molecular weight excluding hydrogens is 200 g/mol. The van der Waals surface area contributed by atoms with Gasteiger partial charge in [0.05, 0.1) is 23.6 Å². The van der Waals surface area contributed by atoms with E-state index in [-0.39, 0.29) is 0 Å². The Bertz CT molecular complexity index is 341. The summed E-state index contributed by atoms with van der Waals surface area (Å²) in [6.07, 6.45) is 5.72. The molecule has 0 saturated heterocycles. The molecule has 0 radical (unpaired) electrons. The molecular formula is C12H22N4. The Labute approximate surface area is 97.7 Å². The predicted molar refractivity (Wildman–Crippen MR) is 68.4 cm³/mol. The molecule has 0 aromatic carbocycles. The zero-order valence-electron chi connectivity index (χ0n) is 10.5. The standard InChI is InChI=1S/C12H22N4/c1-5-6-7-11(9-15(3)4)16-10(2)12(13)8-14-16/h5,8,11H,1,6-7,9,13H2,2-4H3. The predicted octanol–water partition coefficient (Wildman–Crippen LogP) is 1.84. The third-order valence-electron chi connectivity index (χ3n) is 2.71. The highest BCUT2D eigenvalue weighted by Crippen LogP contribution is 2.19. The number of aromatic nitrogens is 2. The number of allylic oxidation sites excluding steroid dienone is 1. The lowest BCUT2D eigenvalue weighted by atomic mass is 10.1. The zero-order chi connectivity index (χ0) is 12.1. The highest BCUT2D eigenvalue weighted by molar-refractivity contribution is 5.39. The second-order valence-corrected chi connectivity index (χ2v) is 4.41. The van der Waals surface area contributed by atoms with E-state index < -0.39 is 0 Å². The third kappa shape index (κ3) is 3.10. The molecule has 0 fully saturated rings. The van der Waals surface area contributed by atoms with E-state index in [0.29, 0.717) is 6.04 Å². The van der Waals surface area contributed by atoms with Gasteiger partial charge in [0.2, 0.25) is 0 Å². The summed E-state index contributed by atoms with van der Waals surface area (Å²) < 4.78 is 2.03. The number of likely N-dealkylation sites (N-methyl/N-ethyl adjacent to an activating group) is 1. The van der Waals surface area contributed by atoms with Crippen molar-refractivity contribution in [3.05, 3.63) is 24.5 Å². The maximum Gasteiger partial charge on any atom is 0.0730 e. The van der Waals surface area contributed by atoms with Crippen molar-refractivity contribution in [1.82, 2.24) is 14.7 Å². The summed E-state index contributed by atoms with van der Waals surface area (Å²) in [5.41, 5.74) is 7.64. The van der Waals surface area contributed by atoms with Crippen LogP contribution in [-0.2, 0) is 0 Å². The van der Waals surface area contributed by atoms with Crippen LogP contribution in [0, 0.1) is 6.92 Å². The first-order valence-electron chi connectivity index (χ1n) is 5.61. The summed E-state index contributed by atoms with van der Waals surface area (Å²) in [6, 6.07) is 0.366. The number of anilines is 1. The monoisotopic (exact) mass is 222 g/mol. The van der Waals surface area contributed by atoms with Gasteiger partial charge in [-0.3, -0.25) is 4.68 Å². The Morgan fingerprint density at radius 3 is 2.75 bits per heavy atom. The topological polar surface area (TPSA) is 47.1 Å².